The van der Waals surface area contributed by atoms with Crippen molar-refractivity contribution in [2.45, 2.75) is 32.7 Å². The van der Waals surface area contributed by atoms with Crippen molar-refractivity contribution < 1.29 is 19.4 Å². The maximum absolute atomic E-state index is 12.6. The summed E-state index contributed by atoms with van der Waals surface area (Å²) in [4.78, 5) is 25.1. The van der Waals surface area contributed by atoms with Gasteiger partial charge in [-0.25, -0.2) is 4.79 Å². The number of amides is 1. The van der Waals surface area contributed by atoms with Crippen LogP contribution in [0.2, 0.25) is 0 Å². The lowest BCUT2D eigenvalue weighted by Crippen LogP contribution is -2.33. The largest absolute Gasteiger partial charge is 0.481 e. The number of aryl methyl sites for hydroxylation is 2. The van der Waals surface area contributed by atoms with Gasteiger partial charge in [0.25, 0.3) is 5.91 Å². The molecule has 1 aliphatic rings. The van der Waals surface area contributed by atoms with Crippen LogP contribution in [0.15, 0.2) is 24.8 Å². The van der Waals surface area contributed by atoms with Crippen molar-refractivity contribution in [2.24, 2.45) is 0 Å². The standard InChI is InChI=1S/C17H21NO4/c1-4-7-18(14-5-6-14)17(21)13-8-11(2)16(12(3)9-13)22-10-15(19)20/h4,8-9,14H,1,5-7,10H2,2-3H3,(H,19,20). The molecule has 1 saturated carbocycles. The number of hydrogen-bond donors (Lipinski definition) is 1. The topological polar surface area (TPSA) is 66.8 Å². The minimum atomic E-state index is -1.02. The molecule has 0 aromatic heterocycles. The van der Waals surface area contributed by atoms with Crippen molar-refractivity contribution in [2.75, 3.05) is 13.2 Å². The summed E-state index contributed by atoms with van der Waals surface area (Å²) in [6.07, 6.45) is 3.81. The van der Waals surface area contributed by atoms with Crippen molar-refractivity contribution in [3.05, 3.63) is 41.5 Å². The molecule has 0 atom stereocenters. The zero-order valence-electron chi connectivity index (χ0n) is 13.0. The fraction of sp³-hybridized carbons (Fsp3) is 0.412. The average Bonchev–Trinajstić information content (AvgIpc) is 3.27. The summed E-state index contributed by atoms with van der Waals surface area (Å²) in [7, 11) is 0. The second-order valence-electron chi connectivity index (χ2n) is 5.60. The monoisotopic (exact) mass is 303 g/mol. The van der Waals surface area contributed by atoms with Gasteiger partial charge < -0.3 is 14.7 Å². The molecule has 1 aromatic rings. The Morgan fingerprint density at radius 2 is 1.95 bits per heavy atom. The number of hydrogen-bond acceptors (Lipinski definition) is 3. The fourth-order valence-electron chi connectivity index (χ4n) is 2.52. The lowest BCUT2D eigenvalue weighted by molar-refractivity contribution is -0.139. The van der Waals surface area contributed by atoms with Gasteiger partial charge in [-0.1, -0.05) is 6.08 Å². The van der Waals surface area contributed by atoms with E-state index in [1.165, 1.54) is 0 Å². The van der Waals surface area contributed by atoms with E-state index in [1.54, 1.807) is 18.2 Å². The second-order valence-corrected chi connectivity index (χ2v) is 5.60. The van der Waals surface area contributed by atoms with Crippen LogP contribution in [-0.4, -0.2) is 41.1 Å². The molecule has 2 rings (SSSR count). The Bertz CT molecular complexity index is 582. The molecule has 1 amide bonds. The van der Waals surface area contributed by atoms with E-state index in [0.29, 0.717) is 23.9 Å². The summed E-state index contributed by atoms with van der Waals surface area (Å²) in [6, 6.07) is 3.82. The number of benzene rings is 1. The number of carboxylic acid groups (broad SMARTS) is 1. The van der Waals surface area contributed by atoms with Crippen LogP contribution in [0, 0.1) is 13.8 Å². The number of ether oxygens (including phenoxy) is 1. The van der Waals surface area contributed by atoms with Gasteiger partial charge in [-0.15, -0.1) is 6.58 Å². The van der Waals surface area contributed by atoms with Crippen molar-refractivity contribution in [3.63, 3.8) is 0 Å². The maximum atomic E-state index is 12.6. The maximum Gasteiger partial charge on any atom is 0.341 e. The quantitative estimate of drug-likeness (QED) is 0.786. The smallest absolute Gasteiger partial charge is 0.341 e. The first kappa shape index (κ1) is 16.1. The molecular weight excluding hydrogens is 282 g/mol. The Morgan fingerprint density at radius 1 is 1.36 bits per heavy atom. The first-order valence-corrected chi connectivity index (χ1v) is 7.31. The normalized spacial score (nSPS) is 13.5. The summed E-state index contributed by atoms with van der Waals surface area (Å²) in [5.74, 6) is -0.510. The summed E-state index contributed by atoms with van der Waals surface area (Å²) in [6.45, 7) is 7.49. The Balaban J connectivity index is 2.22. The zero-order chi connectivity index (χ0) is 16.3. The van der Waals surface area contributed by atoms with Crippen LogP contribution in [0.1, 0.15) is 34.3 Å². The summed E-state index contributed by atoms with van der Waals surface area (Å²) in [5, 5.41) is 8.70. The van der Waals surface area contributed by atoms with Crippen LogP contribution in [0.25, 0.3) is 0 Å². The molecule has 1 aliphatic carbocycles. The molecule has 0 spiro atoms. The van der Waals surface area contributed by atoms with Crippen LogP contribution < -0.4 is 4.74 Å². The van der Waals surface area contributed by atoms with Gasteiger partial charge in [0.05, 0.1) is 0 Å². The van der Waals surface area contributed by atoms with Crippen LogP contribution in [0.4, 0.5) is 0 Å². The van der Waals surface area contributed by atoms with Gasteiger partial charge in [0.15, 0.2) is 6.61 Å². The molecule has 5 heteroatoms. The van der Waals surface area contributed by atoms with E-state index in [1.807, 2.05) is 18.7 Å². The Hall–Kier alpha value is -2.30. The van der Waals surface area contributed by atoms with Gasteiger partial charge in [0.1, 0.15) is 5.75 Å². The summed E-state index contributed by atoms with van der Waals surface area (Å²) in [5.41, 5.74) is 2.13. The molecular formula is C17H21NO4. The number of nitrogens with zero attached hydrogens (tertiary/aromatic N) is 1. The van der Waals surface area contributed by atoms with Crippen LogP contribution in [0.5, 0.6) is 5.75 Å². The van der Waals surface area contributed by atoms with Gasteiger partial charge in [-0.05, 0) is 49.9 Å². The highest BCUT2D eigenvalue weighted by molar-refractivity contribution is 5.95. The molecule has 1 fully saturated rings. The predicted molar refractivity (Wildman–Crippen MR) is 83.3 cm³/mol. The number of carbonyl (C=O) groups excluding carboxylic acids is 1. The van der Waals surface area contributed by atoms with Crippen molar-refractivity contribution in [1.82, 2.24) is 4.90 Å². The Labute approximate surface area is 130 Å². The number of aliphatic carboxylic acids is 1. The van der Waals surface area contributed by atoms with E-state index < -0.39 is 5.97 Å². The number of rotatable bonds is 7. The van der Waals surface area contributed by atoms with Gasteiger partial charge in [0.2, 0.25) is 0 Å². The molecule has 0 saturated heterocycles. The summed E-state index contributed by atoms with van der Waals surface area (Å²) < 4.78 is 5.29. The molecule has 0 aliphatic heterocycles. The number of carboxylic acids is 1. The third-order valence-corrected chi connectivity index (χ3v) is 3.62. The Morgan fingerprint density at radius 3 is 2.41 bits per heavy atom. The first-order valence-electron chi connectivity index (χ1n) is 7.31. The molecule has 1 aromatic carbocycles. The molecule has 0 heterocycles. The van der Waals surface area contributed by atoms with Crippen molar-refractivity contribution in [3.8, 4) is 5.75 Å². The highest BCUT2D eigenvalue weighted by Crippen LogP contribution is 2.30. The fourth-order valence-corrected chi connectivity index (χ4v) is 2.52. The van der Waals surface area contributed by atoms with Crippen molar-refractivity contribution in [1.29, 1.82) is 0 Å². The van der Waals surface area contributed by atoms with Crippen LogP contribution in [-0.2, 0) is 4.79 Å². The van der Waals surface area contributed by atoms with E-state index >= 15 is 0 Å². The summed E-state index contributed by atoms with van der Waals surface area (Å²) >= 11 is 0. The number of carbonyl (C=O) groups is 2. The minimum Gasteiger partial charge on any atom is -0.481 e. The molecule has 118 valence electrons. The molecule has 0 unspecified atom stereocenters. The Kier molecular flexibility index (Phi) is 4.85. The van der Waals surface area contributed by atoms with Gasteiger partial charge >= 0.3 is 5.97 Å². The highest BCUT2D eigenvalue weighted by atomic mass is 16.5. The van der Waals surface area contributed by atoms with E-state index in [2.05, 4.69) is 6.58 Å². The van der Waals surface area contributed by atoms with Gasteiger partial charge in [-0.2, -0.15) is 0 Å². The van der Waals surface area contributed by atoms with E-state index in [4.69, 9.17) is 9.84 Å². The van der Waals surface area contributed by atoms with Crippen LogP contribution >= 0.6 is 0 Å². The van der Waals surface area contributed by atoms with E-state index in [-0.39, 0.29) is 12.5 Å². The highest BCUT2D eigenvalue weighted by Gasteiger charge is 2.32. The first-order chi connectivity index (χ1) is 10.4. The van der Waals surface area contributed by atoms with Crippen molar-refractivity contribution >= 4 is 11.9 Å². The lowest BCUT2D eigenvalue weighted by atomic mass is 10.0. The zero-order valence-corrected chi connectivity index (χ0v) is 13.0. The van der Waals surface area contributed by atoms with E-state index in [0.717, 1.165) is 24.0 Å². The molecule has 5 nitrogen and oxygen atoms in total. The molecule has 1 N–H and O–H groups in total. The third-order valence-electron chi connectivity index (χ3n) is 3.62. The molecule has 0 radical (unpaired) electrons. The van der Waals surface area contributed by atoms with Gasteiger partial charge in [0, 0.05) is 18.2 Å². The predicted octanol–water partition coefficient (Wildman–Crippen LogP) is 2.56. The molecule has 22 heavy (non-hydrogen) atoms. The minimum absolute atomic E-state index is 0.0154. The van der Waals surface area contributed by atoms with E-state index in [9.17, 15) is 9.59 Å². The second kappa shape index (κ2) is 6.64. The lowest BCUT2D eigenvalue weighted by Gasteiger charge is -2.22. The third kappa shape index (κ3) is 3.67. The van der Waals surface area contributed by atoms with Gasteiger partial charge in [-0.3, -0.25) is 4.79 Å². The van der Waals surface area contributed by atoms with Crippen LogP contribution in [0.3, 0.4) is 0 Å². The average molecular weight is 303 g/mol. The molecule has 0 bridgehead atoms. The SMILES string of the molecule is C=CCN(C(=O)c1cc(C)c(OCC(=O)O)c(C)c1)C1CC1.